The van der Waals surface area contributed by atoms with E-state index in [0.717, 1.165) is 0 Å². The predicted octanol–water partition coefficient (Wildman–Crippen LogP) is 3.19. The molecule has 2 rings (SSSR count). The number of hydrogen-bond donors (Lipinski definition) is 1. The number of esters is 2. The maximum absolute atomic E-state index is 12.3. The lowest BCUT2D eigenvalue weighted by atomic mass is 10.1. The lowest BCUT2D eigenvalue weighted by Crippen LogP contribution is -2.17. The van der Waals surface area contributed by atoms with Crippen LogP contribution in [0.25, 0.3) is 0 Å². The summed E-state index contributed by atoms with van der Waals surface area (Å²) in [5.74, 6) is -1.95. The van der Waals surface area contributed by atoms with E-state index >= 15 is 0 Å². The molecule has 7 nitrogen and oxygen atoms in total. The number of rotatable bonds is 6. The minimum Gasteiger partial charge on any atom is -0.462 e. The zero-order valence-electron chi connectivity index (χ0n) is 14.3. The Morgan fingerprint density at radius 2 is 1.52 bits per heavy atom. The number of hydrogen-bond acceptors (Lipinski definition) is 6. The largest absolute Gasteiger partial charge is 0.462 e. The highest BCUT2D eigenvalue weighted by Gasteiger charge is 2.31. The predicted molar refractivity (Wildman–Crippen MR) is 89.8 cm³/mol. The number of aryl methyl sites for hydroxylation is 1. The minimum absolute atomic E-state index is 0.0522. The van der Waals surface area contributed by atoms with Gasteiger partial charge in [-0.25, -0.2) is 9.59 Å². The average molecular weight is 345 g/mol. The zero-order chi connectivity index (χ0) is 18.4. The van der Waals surface area contributed by atoms with Crippen molar-refractivity contribution in [2.75, 3.05) is 18.5 Å². The molecule has 1 heterocycles. The summed E-state index contributed by atoms with van der Waals surface area (Å²) in [7, 11) is 0. The van der Waals surface area contributed by atoms with Gasteiger partial charge in [-0.05, 0) is 32.9 Å². The number of anilines is 1. The van der Waals surface area contributed by atoms with Crippen molar-refractivity contribution in [2.24, 2.45) is 0 Å². The van der Waals surface area contributed by atoms with Crippen LogP contribution in [0.15, 0.2) is 34.7 Å². The summed E-state index contributed by atoms with van der Waals surface area (Å²) in [5.41, 5.74) is 0.176. The summed E-state index contributed by atoms with van der Waals surface area (Å²) >= 11 is 0. The van der Waals surface area contributed by atoms with E-state index in [0.29, 0.717) is 5.56 Å². The molecule has 1 N–H and O–H groups in total. The fourth-order valence-corrected chi connectivity index (χ4v) is 2.24. The molecule has 0 aliphatic carbocycles. The van der Waals surface area contributed by atoms with Crippen molar-refractivity contribution in [1.29, 1.82) is 0 Å². The summed E-state index contributed by atoms with van der Waals surface area (Å²) in [4.78, 5) is 36.8. The fraction of sp³-hybridized carbons (Fsp3) is 0.278. The third kappa shape index (κ3) is 4.06. The smallest absolute Gasteiger partial charge is 0.344 e. The molecule has 0 fully saturated rings. The van der Waals surface area contributed by atoms with Crippen LogP contribution in [0.3, 0.4) is 0 Å². The van der Waals surface area contributed by atoms with Crippen molar-refractivity contribution >= 4 is 23.7 Å². The summed E-state index contributed by atoms with van der Waals surface area (Å²) in [5, 5.41) is 2.51. The van der Waals surface area contributed by atoms with Crippen LogP contribution in [-0.2, 0) is 9.47 Å². The number of amides is 1. The maximum Gasteiger partial charge on any atom is 0.344 e. The summed E-state index contributed by atoms with van der Waals surface area (Å²) in [6.07, 6.45) is 0. The molecule has 0 aliphatic heterocycles. The van der Waals surface area contributed by atoms with E-state index in [4.69, 9.17) is 13.9 Å². The Morgan fingerprint density at radius 3 is 2.08 bits per heavy atom. The van der Waals surface area contributed by atoms with Crippen LogP contribution in [0.2, 0.25) is 0 Å². The van der Waals surface area contributed by atoms with Crippen LogP contribution in [0.1, 0.15) is 50.7 Å². The van der Waals surface area contributed by atoms with E-state index in [9.17, 15) is 14.4 Å². The Balaban J connectivity index is 2.43. The van der Waals surface area contributed by atoms with Crippen LogP contribution >= 0.6 is 0 Å². The van der Waals surface area contributed by atoms with Crippen LogP contribution in [0.4, 0.5) is 5.88 Å². The van der Waals surface area contributed by atoms with Gasteiger partial charge in [0, 0.05) is 5.56 Å². The number of carbonyl (C=O) groups excluding carboxylic acids is 3. The normalized spacial score (nSPS) is 10.2. The summed E-state index contributed by atoms with van der Waals surface area (Å²) < 4.78 is 15.4. The molecule has 0 atom stereocenters. The second kappa shape index (κ2) is 8.14. The Morgan fingerprint density at radius 1 is 0.960 bits per heavy atom. The van der Waals surface area contributed by atoms with E-state index in [1.54, 1.807) is 44.2 Å². The van der Waals surface area contributed by atoms with E-state index in [1.165, 1.54) is 6.92 Å². The lowest BCUT2D eigenvalue weighted by molar-refractivity contribution is 0.0480. The standard InChI is InChI=1S/C18H19NO6/c1-4-23-17(21)13-11(3)25-16(14(13)18(22)24-5-2)19-15(20)12-9-7-6-8-10-12/h6-10H,4-5H2,1-3H3,(H,19,20). The van der Waals surface area contributed by atoms with Crippen molar-refractivity contribution in [3.05, 3.63) is 52.8 Å². The Labute approximate surface area is 144 Å². The summed E-state index contributed by atoms with van der Waals surface area (Å²) in [6.45, 7) is 5.04. The van der Waals surface area contributed by atoms with Crippen molar-refractivity contribution in [1.82, 2.24) is 0 Å². The number of carbonyl (C=O) groups is 3. The van der Waals surface area contributed by atoms with Crippen molar-refractivity contribution < 1.29 is 28.3 Å². The number of ether oxygens (including phenoxy) is 2. The van der Waals surface area contributed by atoms with Crippen LogP contribution in [0, 0.1) is 6.92 Å². The molecule has 132 valence electrons. The number of furan rings is 1. The van der Waals surface area contributed by atoms with Gasteiger partial charge < -0.3 is 13.9 Å². The first-order chi connectivity index (χ1) is 12.0. The molecule has 0 bridgehead atoms. The molecule has 1 aromatic carbocycles. The first-order valence-electron chi connectivity index (χ1n) is 7.83. The molecule has 0 aliphatic rings. The average Bonchev–Trinajstić information content (AvgIpc) is 2.92. The van der Waals surface area contributed by atoms with Gasteiger partial charge in [0.2, 0.25) is 5.88 Å². The third-order valence-electron chi connectivity index (χ3n) is 3.31. The molecule has 0 spiro atoms. The van der Waals surface area contributed by atoms with Crippen LogP contribution < -0.4 is 5.32 Å². The van der Waals surface area contributed by atoms with Gasteiger partial charge in [0.05, 0.1) is 13.2 Å². The zero-order valence-corrected chi connectivity index (χ0v) is 14.3. The van der Waals surface area contributed by atoms with Gasteiger partial charge >= 0.3 is 11.9 Å². The van der Waals surface area contributed by atoms with Crippen molar-refractivity contribution in [3.63, 3.8) is 0 Å². The summed E-state index contributed by atoms with van der Waals surface area (Å²) in [6, 6.07) is 8.41. The molecule has 2 aromatic rings. The van der Waals surface area contributed by atoms with Crippen molar-refractivity contribution in [3.8, 4) is 0 Å². The van der Waals surface area contributed by atoms with Gasteiger partial charge in [-0.1, -0.05) is 18.2 Å². The van der Waals surface area contributed by atoms with Gasteiger partial charge in [0.15, 0.2) is 0 Å². The molecular formula is C18H19NO6. The Kier molecular flexibility index (Phi) is 5.94. The van der Waals surface area contributed by atoms with E-state index < -0.39 is 17.8 Å². The molecule has 0 unspecified atom stereocenters. The fourth-order valence-electron chi connectivity index (χ4n) is 2.24. The molecule has 7 heteroatoms. The molecule has 0 radical (unpaired) electrons. The van der Waals surface area contributed by atoms with E-state index in [1.807, 2.05) is 0 Å². The van der Waals surface area contributed by atoms with Gasteiger partial charge in [-0.3, -0.25) is 10.1 Å². The van der Waals surface area contributed by atoms with E-state index in [2.05, 4.69) is 5.32 Å². The minimum atomic E-state index is -0.772. The third-order valence-corrected chi connectivity index (χ3v) is 3.31. The van der Waals surface area contributed by atoms with Crippen molar-refractivity contribution in [2.45, 2.75) is 20.8 Å². The molecular weight excluding hydrogens is 326 g/mol. The molecule has 0 saturated carbocycles. The molecule has 0 saturated heterocycles. The van der Waals surface area contributed by atoms with Gasteiger partial charge in [-0.2, -0.15) is 0 Å². The quantitative estimate of drug-likeness (QED) is 0.808. The lowest BCUT2D eigenvalue weighted by Gasteiger charge is -2.07. The Bertz CT molecular complexity index is 778. The second-order valence-electron chi connectivity index (χ2n) is 5.00. The molecule has 1 amide bonds. The highest BCUT2D eigenvalue weighted by atomic mass is 16.5. The molecule has 25 heavy (non-hydrogen) atoms. The van der Waals surface area contributed by atoms with Gasteiger partial charge in [-0.15, -0.1) is 0 Å². The van der Waals surface area contributed by atoms with Gasteiger partial charge in [0.25, 0.3) is 5.91 Å². The first kappa shape index (κ1) is 18.3. The molecule has 1 aromatic heterocycles. The topological polar surface area (TPSA) is 94.8 Å². The number of benzene rings is 1. The first-order valence-corrected chi connectivity index (χ1v) is 7.83. The monoisotopic (exact) mass is 345 g/mol. The highest BCUT2D eigenvalue weighted by molar-refractivity contribution is 6.11. The Hall–Kier alpha value is -3.09. The number of nitrogens with one attached hydrogen (secondary N) is 1. The second-order valence-corrected chi connectivity index (χ2v) is 5.00. The van der Waals surface area contributed by atoms with Crippen LogP contribution in [0.5, 0.6) is 0 Å². The van der Waals surface area contributed by atoms with E-state index in [-0.39, 0.29) is 36.0 Å². The highest BCUT2D eigenvalue weighted by Crippen LogP contribution is 2.29. The maximum atomic E-state index is 12.3. The van der Waals surface area contributed by atoms with Gasteiger partial charge in [0.1, 0.15) is 16.9 Å². The van der Waals surface area contributed by atoms with Crippen LogP contribution in [-0.4, -0.2) is 31.1 Å². The SMILES string of the molecule is CCOC(=O)c1c(C)oc(NC(=O)c2ccccc2)c1C(=O)OCC.